The molecule has 63 heavy (non-hydrogen) atoms. The Labute approximate surface area is 371 Å². The average Bonchev–Trinajstić information content (AvgIpc) is 3.58. The Hall–Kier alpha value is -3.01. The summed E-state index contributed by atoms with van der Waals surface area (Å²) in [7, 11) is 0. The summed E-state index contributed by atoms with van der Waals surface area (Å²) < 4.78 is 0. The molecule has 2 amide bonds. The molecule has 0 radical (unpaired) electrons. The van der Waals surface area contributed by atoms with Gasteiger partial charge in [-0.25, -0.2) is 4.89 Å². The molecule has 19 heteroatoms. The van der Waals surface area contributed by atoms with Crippen LogP contribution in [0.4, 0.5) is 0 Å². The molecule has 0 aromatic rings. The zero-order chi connectivity index (χ0) is 46.5. The first-order valence-electron chi connectivity index (χ1n) is 23.1. The van der Waals surface area contributed by atoms with E-state index < -0.39 is 62.7 Å². The van der Waals surface area contributed by atoms with Crippen molar-refractivity contribution in [1.82, 2.24) is 25.3 Å². The number of nitrogens with zero attached hydrogens (tertiary/aromatic N) is 3. The Morgan fingerprint density at radius 1 is 0.762 bits per heavy atom. The number of amides is 2. The van der Waals surface area contributed by atoms with Crippen LogP contribution in [0.25, 0.3) is 0 Å². The number of aliphatic hydroxyl groups excluding tert-OH is 4. The van der Waals surface area contributed by atoms with E-state index in [2.05, 4.69) is 36.3 Å². The number of aliphatic carboxylic acids is 3. The van der Waals surface area contributed by atoms with Crippen LogP contribution in [-0.4, -0.2) is 176 Å². The Bertz CT molecular complexity index is 1490. The Morgan fingerprint density at radius 3 is 2.03 bits per heavy atom. The lowest BCUT2D eigenvalue weighted by Crippen LogP contribution is -2.63. The van der Waals surface area contributed by atoms with E-state index in [-0.39, 0.29) is 116 Å². The minimum atomic E-state index is -1.18. The molecule has 4 rings (SSSR count). The Balaban J connectivity index is 1.21. The quantitative estimate of drug-likeness (QED) is 0.0230. The number of carboxylic acid groups (broad SMARTS) is 3. The fraction of sp³-hybridized carbons (Fsp3) is 0.886. The van der Waals surface area contributed by atoms with Gasteiger partial charge in [0.05, 0.1) is 45.4 Å². The van der Waals surface area contributed by atoms with E-state index in [1.54, 1.807) is 0 Å². The van der Waals surface area contributed by atoms with Crippen molar-refractivity contribution >= 4 is 29.7 Å². The molecule has 0 spiro atoms. The topological polar surface area (TPSA) is 290 Å². The predicted octanol–water partition coefficient (Wildman–Crippen LogP) is 1.47. The first-order chi connectivity index (χ1) is 29.9. The average molecular weight is 900 g/mol. The monoisotopic (exact) mass is 900 g/mol. The van der Waals surface area contributed by atoms with Gasteiger partial charge in [-0.3, -0.25) is 43.9 Å². The highest BCUT2D eigenvalue weighted by Gasteiger charge is 2.65. The third-order valence-corrected chi connectivity index (χ3v) is 15.9. The fourth-order valence-electron chi connectivity index (χ4n) is 12.4. The zero-order valence-electron chi connectivity index (χ0n) is 37.6. The van der Waals surface area contributed by atoms with Crippen molar-refractivity contribution in [2.45, 2.75) is 135 Å². The lowest BCUT2D eigenvalue weighted by Gasteiger charge is -2.63. The molecule has 0 heterocycles. The van der Waals surface area contributed by atoms with E-state index >= 15 is 0 Å². The molecule has 9 unspecified atom stereocenters. The lowest BCUT2D eigenvalue weighted by molar-refractivity contribution is -0.252. The first kappa shape index (κ1) is 52.6. The molecular formula is C44H77N5O14. The van der Waals surface area contributed by atoms with E-state index in [1.807, 2.05) is 4.90 Å². The third-order valence-electron chi connectivity index (χ3n) is 15.9. The van der Waals surface area contributed by atoms with Gasteiger partial charge in [-0.15, -0.1) is 0 Å². The van der Waals surface area contributed by atoms with Gasteiger partial charge in [0.15, 0.2) is 0 Å². The van der Waals surface area contributed by atoms with Gasteiger partial charge in [0.2, 0.25) is 11.8 Å². The van der Waals surface area contributed by atoms with Gasteiger partial charge in [0.1, 0.15) is 0 Å². The number of nitrogens with one attached hydrogen (secondary N) is 2. The molecule has 4 saturated carbocycles. The van der Waals surface area contributed by atoms with Gasteiger partial charge in [0, 0.05) is 64.1 Å². The highest BCUT2D eigenvalue weighted by atomic mass is 17.1. The van der Waals surface area contributed by atoms with Crippen LogP contribution in [0, 0.1) is 46.3 Å². The largest absolute Gasteiger partial charge is 0.481 e. The molecule has 0 aromatic heterocycles. The van der Waals surface area contributed by atoms with E-state index in [4.69, 9.17) is 0 Å². The summed E-state index contributed by atoms with van der Waals surface area (Å²) in [5.41, 5.74) is -0.452. The summed E-state index contributed by atoms with van der Waals surface area (Å²) in [5.74, 6) is -2.68. The van der Waals surface area contributed by atoms with Gasteiger partial charge in [-0.2, -0.15) is 0 Å². The van der Waals surface area contributed by atoms with E-state index in [0.717, 1.165) is 32.1 Å². The Morgan fingerprint density at radius 2 is 1.41 bits per heavy atom. The maximum atomic E-state index is 13.1. The van der Waals surface area contributed by atoms with E-state index in [0.29, 0.717) is 45.1 Å². The lowest BCUT2D eigenvalue weighted by atomic mass is 9.43. The van der Waals surface area contributed by atoms with Crippen molar-refractivity contribution < 1.29 is 69.9 Å². The number of aliphatic hydroxyl groups is 4. The maximum absolute atomic E-state index is 13.1. The van der Waals surface area contributed by atoms with Crippen molar-refractivity contribution in [3.8, 4) is 0 Å². The fourth-order valence-corrected chi connectivity index (χ4v) is 12.4. The maximum Gasteiger partial charge on any atom is 0.317 e. The van der Waals surface area contributed by atoms with Gasteiger partial charge in [-0.1, -0.05) is 27.2 Å². The summed E-state index contributed by atoms with van der Waals surface area (Å²) in [6.45, 7) is 5.87. The minimum Gasteiger partial charge on any atom is -0.481 e. The molecule has 4 aliphatic carbocycles. The van der Waals surface area contributed by atoms with Crippen LogP contribution >= 0.6 is 0 Å². The molecule has 0 aromatic carbocycles. The number of carbonyl (C=O) groups excluding carboxylic acids is 2. The summed E-state index contributed by atoms with van der Waals surface area (Å²) in [5, 5.41) is 85.8. The van der Waals surface area contributed by atoms with Crippen LogP contribution in [0.15, 0.2) is 0 Å². The van der Waals surface area contributed by atoms with Crippen molar-refractivity contribution in [2.75, 3.05) is 65.9 Å². The molecule has 12 atom stereocenters. The zero-order valence-corrected chi connectivity index (χ0v) is 37.6. The second-order valence-electron chi connectivity index (χ2n) is 19.6. The molecule has 19 nitrogen and oxygen atoms in total. The summed E-state index contributed by atoms with van der Waals surface area (Å²) in [6.07, 6.45) is 6.84. The summed E-state index contributed by atoms with van der Waals surface area (Å²) in [4.78, 5) is 68.8. The third kappa shape index (κ3) is 14.0. The second-order valence-corrected chi connectivity index (χ2v) is 19.6. The smallest absolute Gasteiger partial charge is 0.317 e. The van der Waals surface area contributed by atoms with Crippen LogP contribution in [0.5, 0.6) is 0 Å². The Kier molecular flexibility index (Phi) is 20.5. The number of unbranched alkanes of at least 4 members (excludes halogenated alkanes) is 1. The number of fused-ring (bicyclic) bond motifs is 5. The molecule has 0 aliphatic heterocycles. The van der Waals surface area contributed by atoms with Crippen LogP contribution in [0.3, 0.4) is 0 Å². The van der Waals surface area contributed by atoms with Crippen molar-refractivity contribution in [1.29, 1.82) is 0 Å². The normalized spacial score (nSPS) is 31.2. The molecule has 10 N–H and O–H groups in total. The number of hydrogen-bond acceptors (Lipinski definition) is 14. The SMILES string of the molecule is CC(CCC(=O)O)[C@H]1CCC2C3C(O)CC4CC(NC(=O)CCC(=O)NCCCCC(COO)N(CCN(CO)CO)CCN(CC(=O)O)CC(=O)O)CC[C@]4(C)C3CC(O)[C@@]21C. The number of carboxylic acids is 3. The first-order valence-corrected chi connectivity index (χ1v) is 23.1. The van der Waals surface area contributed by atoms with Gasteiger partial charge in [-0.05, 0) is 111 Å². The second kappa shape index (κ2) is 24.5. The summed E-state index contributed by atoms with van der Waals surface area (Å²) >= 11 is 0. The molecule has 0 saturated heterocycles. The predicted molar refractivity (Wildman–Crippen MR) is 229 cm³/mol. The van der Waals surface area contributed by atoms with Crippen molar-refractivity contribution in [2.24, 2.45) is 46.3 Å². The minimum absolute atomic E-state index is 0.0142. The molecule has 4 fully saturated rings. The number of carbonyl (C=O) groups is 5. The van der Waals surface area contributed by atoms with E-state index in [9.17, 15) is 65.0 Å². The van der Waals surface area contributed by atoms with Gasteiger partial charge in [0.25, 0.3) is 0 Å². The molecule has 362 valence electrons. The molecular weight excluding hydrogens is 823 g/mol. The van der Waals surface area contributed by atoms with Crippen molar-refractivity contribution in [3.05, 3.63) is 0 Å². The number of hydrogen-bond donors (Lipinski definition) is 10. The molecule has 0 bridgehead atoms. The highest BCUT2D eigenvalue weighted by molar-refractivity contribution is 5.83. The van der Waals surface area contributed by atoms with Crippen LogP contribution in [0.2, 0.25) is 0 Å². The van der Waals surface area contributed by atoms with Gasteiger partial charge < -0.3 is 46.4 Å². The van der Waals surface area contributed by atoms with Crippen LogP contribution in [-0.2, 0) is 28.9 Å². The van der Waals surface area contributed by atoms with Gasteiger partial charge >= 0.3 is 17.9 Å². The highest BCUT2D eigenvalue weighted by Crippen LogP contribution is 2.68. The standard InChI is InChI=1S/C44H77N5O14/c1-28(7-12-39(56)57)32-8-9-33-42-34(22-36(53)44(32,33)3)43(2)14-13-30(20-29(43)21-35(42)52)46-38(55)11-10-37(54)45-15-5-4-6-31(25-63-62)49(19-17-48(26-50)27-51)18-16-47(23-40(58)59)24-41(60)61/h28-36,42,50-53,62H,4-27H2,1-3H3,(H,45,54)(H,46,55)(H,56,57)(H,58,59)(H,60,61)/t28?,29?,30?,31?,32-,33?,34?,35?,36?,42?,43+,44-/m1/s1. The van der Waals surface area contributed by atoms with Crippen LogP contribution < -0.4 is 10.6 Å². The van der Waals surface area contributed by atoms with Crippen molar-refractivity contribution in [3.63, 3.8) is 0 Å². The van der Waals surface area contributed by atoms with E-state index in [1.165, 1.54) is 9.80 Å². The van der Waals surface area contributed by atoms with Crippen LogP contribution in [0.1, 0.15) is 111 Å². The number of rotatable bonds is 28. The summed E-state index contributed by atoms with van der Waals surface area (Å²) in [6, 6.07) is -0.464. The molecule has 4 aliphatic rings.